The van der Waals surface area contributed by atoms with E-state index >= 15 is 0 Å². The lowest BCUT2D eigenvalue weighted by atomic mass is 10.2. The summed E-state index contributed by atoms with van der Waals surface area (Å²) in [6.45, 7) is 5.95. The van der Waals surface area contributed by atoms with Crippen molar-refractivity contribution in [2.75, 3.05) is 6.61 Å². The van der Waals surface area contributed by atoms with E-state index in [1.165, 1.54) is 11.5 Å². The molecule has 6 heteroatoms. The number of rotatable bonds is 4. The summed E-state index contributed by atoms with van der Waals surface area (Å²) in [6.07, 6.45) is 1.74. The Labute approximate surface area is 115 Å². The molecule has 0 unspecified atom stereocenters. The first-order valence-electron chi connectivity index (χ1n) is 6.19. The van der Waals surface area contributed by atoms with E-state index in [9.17, 15) is 9.90 Å². The maximum Gasteiger partial charge on any atom is 0.360 e. The molecule has 0 aliphatic carbocycles. The molecule has 2 heterocycles. The Morgan fingerprint density at radius 1 is 1.37 bits per heavy atom. The summed E-state index contributed by atoms with van der Waals surface area (Å²) in [5.41, 5.74) is 1.36. The van der Waals surface area contributed by atoms with Gasteiger partial charge in [-0.3, -0.25) is 0 Å². The van der Waals surface area contributed by atoms with Crippen LogP contribution >= 0.6 is 11.5 Å². The molecule has 0 radical (unpaired) electrons. The van der Waals surface area contributed by atoms with Crippen molar-refractivity contribution in [2.24, 2.45) is 0 Å². The van der Waals surface area contributed by atoms with Crippen LogP contribution in [0.5, 0.6) is 5.75 Å². The van der Waals surface area contributed by atoms with Crippen LogP contribution in [-0.4, -0.2) is 27.0 Å². The summed E-state index contributed by atoms with van der Waals surface area (Å²) in [7, 11) is 0. The minimum absolute atomic E-state index is 0.0237. The minimum Gasteiger partial charge on any atom is -0.505 e. The Bertz CT molecular complexity index is 622. The highest BCUT2D eigenvalue weighted by molar-refractivity contribution is 7.13. The Hall–Kier alpha value is -1.69. The zero-order valence-corrected chi connectivity index (χ0v) is 12.0. The highest BCUT2D eigenvalue weighted by atomic mass is 32.1. The highest BCUT2D eigenvalue weighted by Gasteiger charge is 2.21. The second kappa shape index (κ2) is 5.52. The lowest BCUT2D eigenvalue weighted by molar-refractivity contribution is 0.0489. The number of hydrogen-bond donors (Lipinski definition) is 1. The van der Waals surface area contributed by atoms with E-state index in [-0.39, 0.29) is 11.4 Å². The van der Waals surface area contributed by atoms with E-state index in [2.05, 4.69) is 9.36 Å². The number of aromatic hydroxyl groups is 1. The van der Waals surface area contributed by atoms with Crippen molar-refractivity contribution in [3.8, 4) is 5.75 Å². The van der Waals surface area contributed by atoms with Gasteiger partial charge in [0.15, 0.2) is 11.4 Å². The van der Waals surface area contributed by atoms with Gasteiger partial charge in [0.2, 0.25) is 0 Å². The van der Waals surface area contributed by atoms with Crippen LogP contribution in [0.3, 0.4) is 0 Å². The SMILES string of the molecule is CCCCOC(=O)c1nc(C)c2snc(C)c2c1O. The second-order valence-corrected chi connectivity index (χ2v) is 5.13. The van der Waals surface area contributed by atoms with Crippen molar-refractivity contribution >= 4 is 27.6 Å². The van der Waals surface area contributed by atoms with Crippen LogP contribution in [0, 0.1) is 13.8 Å². The third-order valence-electron chi connectivity index (χ3n) is 2.86. The number of esters is 1. The summed E-state index contributed by atoms with van der Waals surface area (Å²) >= 11 is 1.27. The fourth-order valence-corrected chi connectivity index (χ4v) is 2.64. The van der Waals surface area contributed by atoms with Crippen molar-refractivity contribution in [1.29, 1.82) is 0 Å². The lowest BCUT2D eigenvalue weighted by Gasteiger charge is -2.07. The van der Waals surface area contributed by atoms with Gasteiger partial charge in [0.25, 0.3) is 0 Å². The second-order valence-electron chi connectivity index (χ2n) is 4.36. The molecule has 0 aliphatic rings. The monoisotopic (exact) mass is 280 g/mol. The number of unbranched alkanes of at least 4 members (excludes halogenated alkanes) is 1. The highest BCUT2D eigenvalue weighted by Crippen LogP contribution is 2.34. The van der Waals surface area contributed by atoms with E-state index in [4.69, 9.17) is 4.74 Å². The summed E-state index contributed by atoms with van der Waals surface area (Å²) in [5.74, 6) is -0.713. The molecule has 0 saturated heterocycles. The maximum absolute atomic E-state index is 11.9. The molecule has 2 rings (SSSR count). The molecule has 0 atom stereocenters. The summed E-state index contributed by atoms with van der Waals surface area (Å²) in [5, 5.41) is 10.8. The van der Waals surface area contributed by atoms with Gasteiger partial charge >= 0.3 is 5.97 Å². The smallest absolute Gasteiger partial charge is 0.360 e. The van der Waals surface area contributed by atoms with Crippen LogP contribution in [0.2, 0.25) is 0 Å². The van der Waals surface area contributed by atoms with Crippen LogP contribution < -0.4 is 0 Å². The van der Waals surface area contributed by atoms with Gasteiger partial charge in [-0.15, -0.1) is 0 Å². The van der Waals surface area contributed by atoms with Crippen LogP contribution in [0.4, 0.5) is 0 Å². The van der Waals surface area contributed by atoms with Crippen LogP contribution in [0.25, 0.3) is 10.1 Å². The molecule has 5 nitrogen and oxygen atoms in total. The Morgan fingerprint density at radius 2 is 2.11 bits per heavy atom. The Kier molecular flexibility index (Phi) is 3.99. The van der Waals surface area contributed by atoms with Crippen LogP contribution in [0.1, 0.15) is 41.6 Å². The number of carbonyl (C=O) groups excluding carboxylic acids is 1. The van der Waals surface area contributed by atoms with Crippen molar-refractivity contribution in [3.63, 3.8) is 0 Å². The van der Waals surface area contributed by atoms with Gasteiger partial charge in [-0.25, -0.2) is 9.78 Å². The molecule has 102 valence electrons. The number of carbonyl (C=O) groups is 1. The van der Waals surface area contributed by atoms with E-state index in [0.717, 1.165) is 17.5 Å². The van der Waals surface area contributed by atoms with Gasteiger partial charge in [-0.05, 0) is 31.8 Å². The first-order chi connectivity index (χ1) is 9.06. The topological polar surface area (TPSA) is 72.3 Å². The maximum atomic E-state index is 11.9. The average molecular weight is 280 g/mol. The molecule has 1 N–H and O–H groups in total. The Balaban J connectivity index is 2.41. The molecule has 2 aromatic rings. The number of pyridine rings is 1. The predicted molar refractivity (Wildman–Crippen MR) is 73.7 cm³/mol. The van der Waals surface area contributed by atoms with Gasteiger partial charge in [0.05, 0.1) is 28.1 Å². The molecule has 0 aliphatic heterocycles. The van der Waals surface area contributed by atoms with Gasteiger partial charge < -0.3 is 9.84 Å². The summed E-state index contributed by atoms with van der Waals surface area (Å²) in [6, 6.07) is 0. The third-order valence-corrected chi connectivity index (χ3v) is 3.90. The van der Waals surface area contributed by atoms with Gasteiger partial charge in [0.1, 0.15) is 0 Å². The molecule has 19 heavy (non-hydrogen) atoms. The average Bonchev–Trinajstić information content (AvgIpc) is 2.77. The standard InChI is InChI=1S/C13H16N2O3S/c1-4-5-6-18-13(17)10-11(16)9-7(2)15-19-12(9)8(3)14-10/h16H,4-6H2,1-3H3. The van der Waals surface area contributed by atoms with E-state index in [1.807, 2.05) is 6.92 Å². The van der Waals surface area contributed by atoms with Gasteiger partial charge in [0, 0.05) is 0 Å². The molecule has 0 saturated carbocycles. The number of aromatic nitrogens is 2. The van der Waals surface area contributed by atoms with Gasteiger partial charge in [-0.1, -0.05) is 13.3 Å². The quantitative estimate of drug-likeness (QED) is 0.688. The van der Waals surface area contributed by atoms with E-state index < -0.39 is 5.97 Å². The van der Waals surface area contributed by atoms with Crippen LogP contribution in [0.15, 0.2) is 0 Å². The minimum atomic E-state index is -0.582. The molecule has 0 spiro atoms. The molecule has 0 fully saturated rings. The van der Waals surface area contributed by atoms with E-state index in [0.29, 0.717) is 23.4 Å². The predicted octanol–water partition coefficient (Wildman–Crippen LogP) is 2.97. The fraction of sp³-hybridized carbons (Fsp3) is 0.462. The lowest BCUT2D eigenvalue weighted by Crippen LogP contribution is -2.09. The number of fused-ring (bicyclic) bond motifs is 1. The number of hydrogen-bond acceptors (Lipinski definition) is 6. The number of ether oxygens (including phenoxy) is 1. The van der Waals surface area contributed by atoms with Crippen molar-refractivity contribution in [2.45, 2.75) is 33.6 Å². The molecule has 0 aromatic carbocycles. The fourth-order valence-electron chi connectivity index (χ4n) is 1.81. The first kappa shape index (κ1) is 13.7. The molecule has 0 amide bonds. The molecular formula is C13H16N2O3S. The van der Waals surface area contributed by atoms with Crippen molar-refractivity contribution < 1.29 is 14.6 Å². The van der Waals surface area contributed by atoms with Crippen molar-refractivity contribution in [3.05, 3.63) is 17.1 Å². The summed E-state index contributed by atoms with van der Waals surface area (Å²) in [4.78, 5) is 16.0. The van der Waals surface area contributed by atoms with Crippen molar-refractivity contribution in [1.82, 2.24) is 9.36 Å². The largest absolute Gasteiger partial charge is 0.505 e. The van der Waals surface area contributed by atoms with Gasteiger partial charge in [-0.2, -0.15) is 4.37 Å². The zero-order valence-electron chi connectivity index (χ0n) is 11.2. The molecule has 0 bridgehead atoms. The molecule has 2 aromatic heterocycles. The zero-order chi connectivity index (χ0) is 14.0. The first-order valence-corrected chi connectivity index (χ1v) is 6.96. The number of aryl methyl sites for hydroxylation is 2. The normalized spacial score (nSPS) is 10.9. The molecular weight excluding hydrogens is 264 g/mol. The van der Waals surface area contributed by atoms with E-state index in [1.54, 1.807) is 13.8 Å². The number of nitrogens with zero attached hydrogens (tertiary/aromatic N) is 2. The van der Waals surface area contributed by atoms with Crippen LogP contribution in [-0.2, 0) is 4.74 Å². The Morgan fingerprint density at radius 3 is 2.79 bits per heavy atom. The summed E-state index contributed by atoms with van der Waals surface area (Å²) < 4.78 is 10.1. The third kappa shape index (κ3) is 2.53.